The van der Waals surface area contributed by atoms with Crippen LogP contribution in [0.3, 0.4) is 0 Å². The molecule has 3 aromatic heterocycles. The number of fused-ring (bicyclic) bond motifs is 1. The maximum atomic E-state index is 9.05. The molecule has 4 aromatic rings. The molecule has 0 aliphatic carbocycles. The number of nitrogens with zero attached hydrogens (tertiary/aromatic N) is 5. The van der Waals surface area contributed by atoms with Crippen molar-refractivity contribution in [3.05, 3.63) is 60.7 Å². The zero-order valence-corrected chi connectivity index (χ0v) is 17.8. The molecule has 4 rings (SSSR count). The number of imidazole rings is 1. The van der Waals surface area contributed by atoms with Crippen LogP contribution in [0.1, 0.15) is 31.9 Å². The second-order valence-corrected chi connectivity index (χ2v) is 7.61. The van der Waals surface area contributed by atoms with E-state index in [0.717, 1.165) is 27.9 Å². The van der Waals surface area contributed by atoms with Gasteiger partial charge in [-0.15, -0.1) is 0 Å². The lowest BCUT2D eigenvalue weighted by atomic mass is 10.1. The Balaban J connectivity index is 1.55. The zero-order chi connectivity index (χ0) is 21.6. The van der Waals surface area contributed by atoms with Crippen LogP contribution in [0.25, 0.3) is 22.3 Å². The molecule has 8 nitrogen and oxygen atoms in total. The van der Waals surface area contributed by atoms with Crippen molar-refractivity contribution in [1.29, 1.82) is 0 Å². The molecule has 3 heterocycles. The third kappa shape index (κ3) is 4.80. The van der Waals surface area contributed by atoms with Crippen molar-refractivity contribution in [2.24, 2.45) is 0 Å². The Labute approximate surface area is 181 Å². The van der Waals surface area contributed by atoms with Gasteiger partial charge in [0.1, 0.15) is 0 Å². The quantitative estimate of drug-likeness (QED) is 0.355. The average molecular weight is 418 g/mol. The topological polar surface area (TPSA) is 101 Å². The van der Waals surface area contributed by atoms with Crippen LogP contribution in [-0.4, -0.2) is 42.8 Å². The molecule has 1 aromatic carbocycles. The second kappa shape index (κ2) is 9.53. The summed E-state index contributed by atoms with van der Waals surface area (Å²) >= 11 is 0. The molecular weight excluding hydrogens is 390 g/mol. The highest BCUT2D eigenvalue weighted by molar-refractivity contribution is 5.84. The van der Waals surface area contributed by atoms with Gasteiger partial charge in [0, 0.05) is 38.1 Å². The lowest BCUT2D eigenvalue weighted by Gasteiger charge is -2.12. The smallest absolute Gasteiger partial charge is 0.226 e. The van der Waals surface area contributed by atoms with Crippen LogP contribution >= 0.6 is 0 Å². The van der Waals surface area contributed by atoms with Crippen LogP contribution in [-0.2, 0) is 6.54 Å². The van der Waals surface area contributed by atoms with Gasteiger partial charge < -0.3 is 20.3 Å². The summed E-state index contributed by atoms with van der Waals surface area (Å²) in [5.41, 5.74) is 4.89. The van der Waals surface area contributed by atoms with Crippen molar-refractivity contribution >= 4 is 22.9 Å². The number of pyridine rings is 1. The molecule has 0 bridgehead atoms. The van der Waals surface area contributed by atoms with E-state index in [0.29, 0.717) is 31.3 Å². The number of benzene rings is 1. The van der Waals surface area contributed by atoms with E-state index in [4.69, 9.17) is 5.11 Å². The second-order valence-electron chi connectivity index (χ2n) is 7.61. The van der Waals surface area contributed by atoms with Gasteiger partial charge >= 0.3 is 0 Å². The minimum absolute atomic E-state index is 0.124. The molecule has 0 amide bonds. The van der Waals surface area contributed by atoms with E-state index < -0.39 is 0 Å². The Morgan fingerprint density at radius 2 is 1.87 bits per heavy atom. The number of aliphatic hydroxyl groups is 1. The van der Waals surface area contributed by atoms with E-state index in [1.165, 1.54) is 0 Å². The van der Waals surface area contributed by atoms with E-state index in [-0.39, 0.29) is 12.6 Å². The van der Waals surface area contributed by atoms with Crippen molar-refractivity contribution in [3.63, 3.8) is 0 Å². The van der Waals surface area contributed by atoms with Crippen LogP contribution in [0.15, 0.2) is 55.1 Å². The summed E-state index contributed by atoms with van der Waals surface area (Å²) in [7, 11) is 0. The van der Waals surface area contributed by atoms with Crippen molar-refractivity contribution in [2.75, 3.05) is 23.8 Å². The van der Waals surface area contributed by atoms with Crippen molar-refractivity contribution < 1.29 is 5.11 Å². The van der Waals surface area contributed by atoms with E-state index >= 15 is 0 Å². The van der Waals surface area contributed by atoms with Crippen LogP contribution in [0.2, 0.25) is 0 Å². The average Bonchev–Trinajstić information content (AvgIpc) is 3.23. The number of hydrogen-bond donors (Lipinski definition) is 3. The lowest BCUT2D eigenvalue weighted by molar-refractivity contribution is 0.292. The summed E-state index contributed by atoms with van der Waals surface area (Å²) in [6.45, 7) is 5.54. The maximum Gasteiger partial charge on any atom is 0.226 e. The minimum Gasteiger partial charge on any atom is -0.396 e. The van der Waals surface area contributed by atoms with Crippen molar-refractivity contribution in [3.8, 4) is 11.1 Å². The first-order valence-electron chi connectivity index (χ1n) is 10.5. The fourth-order valence-corrected chi connectivity index (χ4v) is 3.31. The molecule has 0 aliphatic heterocycles. The predicted octanol–water partition coefficient (Wildman–Crippen LogP) is 3.88. The van der Waals surface area contributed by atoms with Gasteiger partial charge in [0.15, 0.2) is 17.0 Å². The Morgan fingerprint density at radius 3 is 2.58 bits per heavy atom. The van der Waals surface area contributed by atoms with E-state index in [1.54, 1.807) is 12.5 Å². The molecule has 8 heteroatoms. The molecule has 0 atom stereocenters. The molecule has 3 N–H and O–H groups in total. The summed E-state index contributed by atoms with van der Waals surface area (Å²) in [5.74, 6) is 1.21. The van der Waals surface area contributed by atoms with Crippen molar-refractivity contribution in [2.45, 2.75) is 32.9 Å². The Morgan fingerprint density at radius 1 is 1.03 bits per heavy atom. The SMILES string of the molecule is CC(C)n1cnc2c(NCc3ccc(-c4cccnc4)cc3)nc(NCCCO)nc21. The van der Waals surface area contributed by atoms with Gasteiger partial charge in [0.2, 0.25) is 5.95 Å². The van der Waals surface area contributed by atoms with E-state index in [9.17, 15) is 0 Å². The van der Waals surface area contributed by atoms with Gasteiger partial charge in [-0.25, -0.2) is 4.98 Å². The fraction of sp³-hybridized carbons (Fsp3) is 0.304. The van der Waals surface area contributed by atoms with Gasteiger partial charge in [-0.1, -0.05) is 30.3 Å². The Bertz CT molecular complexity index is 1120. The number of nitrogens with one attached hydrogen (secondary N) is 2. The summed E-state index contributed by atoms with van der Waals surface area (Å²) in [4.78, 5) is 18.0. The zero-order valence-electron chi connectivity index (χ0n) is 17.8. The monoisotopic (exact) mass is 417 g/mol. The molecule has 0 radical (unpaired) electrons. The molecule has 0 aliphatic rings. The first kappa shape index (κ1) is 20.7. The molecule has 160 valence electrons. The molecule has 0 unspecified atom stereocenters. The number of hydrogen-bond acceptors (Lipinski definition) is 7. The maximum absolute atomic E-state index is 9.05. The predicted molar refractivity (Wildman–Crippen MR) is 123 cm³/mol. The molecule has 0 spiro atoms. The van der Waals surface area contributed by atoms with Crippen LogP contribution in [0.4, 0.5) is 11.8 Å². The highest BCUT2D eigenvalue weighted by Crippen LogP contribution is 2.24. The van der Waals surface area contributed by atoms with Gasteiger partial charge in [0.05, 0.1) is 6.33 Å². The summed E-state index contributed by atoms with van der Waals surface area (Å²) in [6.07, 6.45) is 6.07. The molecule has 0 saturated heterocycles. The van der Waals surface area contributed by atoms with Crippen LogP contribution in [0, 0.1) is 0 Å². The number of rotatable bonds is 9. The van der Waals surface area contributed by atoms with E-state index in [2.05, 4.69) is 68.7 Å². The van der Waals surface area contributed by atoms with Crippen molar-refractivity contribution in [1.82, 2.24) is 24.5 Å². The van der Waals surface area contributed by atoms with Gasteiger partial charge in [-0.3, -0.25) is 4.98 Å². The third-order valence-electron chi connectivity index (χ3n) is 5.00. The Kier molecular flexibility index (Phi) is 6.37. The van der Waals surface area contributed by atoms with Crippen LogP contribution in [0.5, 0.6) is 0 Å². The van der Waals surface area contributed by atoms with Crippen LogP contribution < -0.4 is 10.6 Å². The first-order chi connectivity index (χ1) is 15.2. The Hall–Kier alpha value is -3.52. The molecular formula is C23H27N7O. The normalized spacial score (nSPS) is 11.2. The number of anilines is 2. The van der Waals surface area contributed by atoms with E-state index in [1.807, 2.05) is 22.9 Å². The third-order valence-corrected chi connectivity index (χ3v) is 5.00. The summed E-state index contributed by atoms with van der Waals surface area (Å²) in [5, 5.41) is 15.7. The minimum atomic E-state index is 0.124. The summed E-state index contributed by atoms with van der Waals surface area (Å²) < 4.78 is 2.03. The largest absolute Gasteiger partial charge is 0.396 e. The van der Waals surface area contributed by atoms with Gasteiger partial charge in [-0.2, -0.15) is 9.97 Å². The number of aliphatic hydroxyl groups excluding tert-OH is 1. The molecule has 31 heavy (non-hydrogen) atoms. The highest BCUT2D eigenvalue weighted by Gasteiger charge is 2.14. The summed E-state index contributed by atoms with van der Waals surface area (Å²) in [6, 6.07) is 12.6. The van der Waals surface area contributed by atoms with Gasteiger partial charge in [-0.05, 0) is 43.0 Å². The molecule has 0 saturated carbocycles. The van der Waals surface area contributed by atoms with Gasteiger partial charge in [0.25, 0.3) is 0 Å². The first-order valence-corrected chi connectivity index (χ1v) is 10.5. The standard InChI is InChI=1S/C23H27N7O/c1-16(2)30-15-27-20-21(28-23(29-22(20)30)25-11-4-12-31)26-13-17-6-8-18(9-7-17)19-5-3-10-24-14-19/h3,5-10,14-16,31H,4,11-13H2,1-2H3,(H2,25,26,28,29). The number of aromatic nitrogens is 5. The lowest BCUT2D eigenvalue weighted by Crippen LogP contribution is -2.11. The molecule has 0 fully saturated rings. The fourth-order valence-electron chi connectivity index (χ4n) is 3.31. The highest BCUT2D eigenvalue weighted by atomic mass is 16.3.